The minimum Gasteiger partial charge on any atom is -0.326 e. The van der Waals surface area contributed by atoms with Crippen LogP contribution in [-0.2, 0) is 14.4 Å². The summed E-state index contributed by atoms with van der Waals surface area (Å²) in [4.78, 5) is 41.2. The Morgan fingerprint density at radius 1 is 0.929 bits per heavy atom. The van der Waals surface area contributed by atoms with E-state index in [-0.39, 0.29) is 30.8 Å². The van der Waals surface area contributed by atoms with Gasteiger partial charge in [-0.3, -0.25) is 19.3 Å². The van der Waals surface area contributed by atoms with E-state index in [1.165, 1.54) is 6.92 Å². The Morgan fingerprint density at radius 3 is 2.00 bits per heavy atom. The lowest BCUT2D eigenvalue weighted by molar-refractivity contribution is -0.120. The summed E-state index contributed by atoms with van der Waals surface area (Å²) < 4.78 is 0.822. The second-order valence-corrected chi connectivity index (χ2v) is 6.94. The Kier molecular flexibility index (Phi) is 8.09. The number of benzene rings is 1. The molecule has 3 amide bonds. The summed E-state index contributed by atoms with van der Waals surface area (Å²) in [7, 11) is 0. The topological polar surface area (TPSA) is 103 Å². The average molecular weight is 448 g/mol. The fourth-order valence-electron chi connectivity index (χ4n) is 2.36. The lowest BCUT2D eigenvalue weighted by Gasteiger charge is -2.19. The number of amides is 3. The van der Waals surface area contributed by atoms with Crippen molar-refractivity contribution in [3.8, 4) is 0 Å². The fourth-order valence-corrected chi connectivity index (χ4v) is 2.59. The molecule has 148 valence electrons. The average Bonchev–Trinajstić information content (AvgIpc) is 2.64. The van der Waals surface area contributed by atoms with Gasteiger partial charge in [-0.25, -0.2) is 4.98 Å². The van der Waals surface area contributed by atoms with Gasteiger partial charge in [-0.15, -0.1) is 0 Å². The number of pyridine rings is 1. The van der Waals surface area contributed by atoms with Crippen molar-refractivity contribution in [3.63, 3.8) is 0 Å². The number of hydrogen-bond donors (Lipinski definition) is 3. The molecule has 0 fully saturated rings. The third-order valence-corrected chi connectivity index (χ3v) is 4.13. The molecule has 0 aliphatic carbocycles. The molecular formula is C19H22BrN5O3. The van der Waals surface area contributed by atoms with Gasteiger partial charge in [0, 0.05) is 29.0 Å². The first-order valence-electron chi connectivity index (χ1n) is 8.67. The summed E-state index contributed by atoms with van der Waals surface area (Å²) >= 11 is 3.29. The maximum atomic E-state index is 12.2. The van der Waals surface area contributed by atoms with Crippen LogP contribution in [0.2, 0.25) is 0 Å². The number of hydrogen-bond acceptors (Lipinski definition) is 5. The molecule has 0 spiro atoms. The van der Waals surface area contributed by atoms with Crippen molar-refractivity contribution >= 4 is 50.8 Å². The zero-order chi connectivity index (χ0) is 20.5. The van der Waals surface area contributed by atoms with E-state index in [4.69, 9.17) is 0 Å². The van der Waals surface area contributed by atoms with E-state index >= 15 is 0 Å². The summed E-state index contributed by atoms with van der Waals surface area (Å²) in [5, 5.41) is 8.13. The molecule has 0 bridgehead atoms. The van der Waals surface area contributed by atoms with E-state index in [9.17, 15) is 14.4 Å². The van der Waals surface area contributed by atoms with Crippen LogP contribution in [0.5, 0.6) is 0 Å². The Hall–Kier alpha value is -2.78. The second-order valence-electron chi connectivity index (χ2n) is 6.02. The van der Waals surface area contributed by atoms with Crippen molar-refractivity contribution in [2.24, 2.45) is 0 Å². The van der Waals surface area contributed by atoms with E-state index in [2.05, 4.69) is 36.9 Å². The fraction of sp³-hybridized carbons (Fsp3) is 0.263. The molecule has 28 heavy (non-hydrogen) atoms. The molecule has 0 saturated carbocycles. The number of nitrogens with one attached hydrogen (secondary N) is 3. The molecule has 3 N–H and O–H groups in total. The van der Waals surface area contributed by atoms with Crippen LogP contribution in [0.1, 0.15) is 13.8 Å². The van der Waals surface area contributed by atoms with Gasteiger partial charge in [0.1, 0.15) is 5.82 Å². The van der Waals surface area contributed by atoms with Crippen LogP contribution in [0, 0.1) is 0 Å². The molecule has 0 aliphatic rings. The summed E-state index contributed by atoms with van der Waals surface area (Å²) in [6.07, 6.45) is 1.60. The van der Waals surface area contributed by atoms with Crippen LogP contribution < -0.4 is 16.0 Å². The van der Waals surface area contributed by atoms with Crippen molar-refractivity contribution < 1.29 is 14.4 Å². The predicted molar refractivity (Wildman–Crippen MR) is 112 cm³/mol. The van der Waals surface area contributed by atoms with Crippen molar-refractivity contribution in [2.75, 3.05) is 35.6 Å². The highest BCUT2D eigenvalue weighted by molar-refractivity contribution is 9.10. The SMILES string of the molecule is CCN(CC(=O)Nc1ccc(NC(C)=O)cc1)CC(=O)Nc1ccc(Br)cn1. The molecule has 0 unspecified atom stereocenters. The molecule has 1 aromatic carbocycles. The Bertz CT molecular complexity index is 824. The molecular weight excluding hydrogens is 426 g/mol. The summed E-state index contributed by atoms with van der Waals surface area (Å²) in [5.41, 5.74) is 1.26. The first kappa shape index (κ1) is 21.5. The van der Waals surface area contributed by atoms with Gasteiger partial charge in [-0.1, -0.05) is 6.92 Å². The molecule has 0 saturated heterocycles. The van der Waals surface area contributed by atoms with Gasteiger partial charge in [0.2, 0.25) is 17.7 Å². The van der Waals surface area contributed by atoms with Crippen LogP contribution in [-0.4, -0.2) is 47.2 Å². The van der Waals surface area contributed by atoms with Crippen molar-refractivity contribution in [3.05, 3.63) is 47.1 Å². The highest BCUT2D eigenvalue weighted by atomic mass is 79.9. The number of rotatable bonds is 8. The van der Waals surface area contributed by atoms with Crippen LogP contribution in [0.4, 0.5) is 17.2 Å². The van der Waals surface area contributed by atoms with Crippen LogP contribution in [0.3, 0.4) is 0 Å². The summed E-state index contributed by atoms with van der Waals surface area (Å²) in [5.74, 6) is -0.187. The Labute approximate surface area is 171 Å². The third kappa shape index (κ3) is 7.45. The lowest BCUT2D eigenvalue weighted by Crippen LogP contribution is -2.38. The van der Waals surface area contributed by atoms with Gasteiger partial charge >= 0.3 is 0 Å². The van der Waals surface area contributed by atoms with Gasteiger partial charge in [0.05, 0.1) is 13.1 Å². The Morgan fingerprint density at radius 2 is 1.50 bits per heavy atom. The molecule has 0 aliphatic heterocycles. The summed E-state index contributed by atoms with van der Waals surface area (Å²) in [6.45, 7) is 3.99. The maximum absolute atomic E-state index is 12.2. The molecule has 0 radical (unpaired) electrons. The standard InChI is InChI=1S/C19H22BrN5O3/c1-3-25(12-19(28)24-17-9-4-14(20)10-21-17)11-18(27)23-16-7-5-15(6-8-16)22-13(2)26/h4-10H,3,11-12H2,1-2H3,(H,22,26)(H,23,27)(H,21,24,28). The third-order valence-electron chi connectivity index (χ3n) is 3.67. The van der Waals surface area contributed by atoms with Crippen LogP contribution in [0.25, 0.3) is 0 Å². The van der Waals surface area contributed by atoms with Crippen LogP contribution >= 0.6 is 15.9 Å². The largest absolute Gasteiger partial charge is 0.326 e. The quantitative estimate of drug-likeness (QED) is 0.576. The van der Waals surface area contributed by atoms with E-state index in [1.807, 2.05) is 6.92 Å². The molecule has 0 atom stereocenters. The van der Waals surface area contributed by atoms with E-state index in [0.717, 1.165) is 4.47 Å². The van der Waals surface area contributed by atoms with Crippen LogP contribution in [0.15, 0.2) is 47.1 Å². The molecule has 2 rings (SSSR count). The molecule has 1 aromatic heterocycles. The highest BCUT2D eigenvalue weighted by Gasteiger charge is 2.14. The zero-order valence-electron chi connectivity index (χ0n) is 15.7. The normalized spacial score (nSPS) is 10.4. The first-order chi connectivity index (χ1) is 13.4. The maximum Gasteiger partial charge on any atom is 0.239 e. The number of carbonyl (C=O) groups excluding carboxylic acids is 3. The zero-order valence-corrected chi connectivity index (χ0v) is 17.2. The van der Waals surface area contributed by atoms with E-state index in [0.29, 0.717) is 23.7 Å². The monoisotopic (exact) mass is 447 g/mol. The minimum absolute atomic E-state index is 0.0726. The minimum atomic E-state index is -0.246. The van der Waals surface area contributed by atoms with E-state index in [1.54, 1.807) is 47.5 Å². The van der Waals surface area contributed by atoms with E-state index < -0.39 is 0 Å². The molecule has 1 heterocycles. The summed E-state index contributed by atoms with van der Waals surface area (Å²) in [6, 6.07) is 10.3. The van der Waals surface area contributed by atoms with Gasteiger partial charge in [-0.2, -0.15) is 0 Å². The highest BCUT2D eigenvalue weighted by Crippen LogP contribution is 2.13. The van der Waals surface area contributed by atoms with Crippen molar-refractivity contribution in [1.82, 2.24) is 9.88 Å². The van der Waals surface area contributed by atoms with Crippen molar-refractivity contribution in [2.45, 2.75) is 13.8 Å². The number of nitrogens with zero attached hydrogens (tertiary/aromatic N) is 2. The molecule has 2 aromatic rings. The van der Waals surface area contributed by atoms with Gasteiger partial charge in [0.25, 0.3) is 0 Å². The molecule has 9 heteroatoms. The Balaban J connectivity index is 1.83. The van der Waals surface area contributed by atoms with Gasteiger partial charge < -0.3 is 16.0 Å². The predicted octanol–water partition coefficient (Wildman–Crippen LogP) is 2.70. The number of likely N-dealkylation sites (N-methyl/N-ethyl adjacent to an activating group) is 1. The number of anilines is 3. The smallest absolute Gasteiger partial charge is 0.239 e. The molecule has 8 nitrogen and oxygen atoms in total. The first-order valence-corrected chi connectivity index (χ1v) is 9.46. The second kappa shape index (κ2) is 10.5. The number of halogens is 1. The number of aromatic nitrogens is 1. The van der Waals surface area contributed by atoms with Gasteiger partial charge in [0.15, 0.2) is 0 Å². The number of carbonyl (C=O) groups is 3. The lowest BCUT2D eigenvalue weighted by atomic mass is 10.2. The van der Waals surface area contributed by atoms with Gasteiger partial charge in [-0.05, 0) is 58.9 Å². The van der Waals surface area contributed by atoms with Crippen molar-refractivity contribution in [1.29, 1.82) is 0 Å².